The molecule has 0 amide bonds. The Kier molecular flexibility index (Phi) is 4.94. The molecule has 1 rings (SSSR count). The van der Waals surface area contributed by atoms with Gasteiger partial charge in [-0.25, -0.2) is 4.39 Å². The van der Waals surface area contributed by atoms with Crippen molar-refractivity contribution in [1.29, 1.82) is 0 Å². The van der Waals surface area contributed by atoms with Gasteiger partial charge in [0.2, 0.25) is 0 Å². The summed E-state index contributed by atoms with van der Waals surface area (Å²) in [6.45, 7) is 6.34. The van der Waals surface area contributed by atoms with Crippen molar-refractivity contribution < 1.29 is 4.39 Å². The van der Waals surface area contributed by atoms with Crippen LogP contribution in [0.5, 0.6) is 0 Å². The van der Waals surface area contributed by atoms with Crippen LogP contribution in [0.3, 0.4) is 0 Å². The highest BCUT2D eigenvalue weighted by atomic mass is 19.1. The molecule has 1 nitrogen and oxygen atoms in total. The van der Waals surface area contributed by atoms with E-state index < -0.39 is 0 Å². The third-order valence-corrected chi connectivity index (χ3v) is 3.24. The Bertz CT molecular complexity index is 336. The summed E-state index contributed by atoms with van der Waals surface area (Å²) in [6.07, 6.45) is 3.05. The number of hydrogen-bond donors (Lipinski definition) is 1. The molecule has 0 radical (unpaired) electrons. The Balaban J connectivity index is 2.68. The second kappa shape index (κ2) is 6.00. The molecule has 0 aromatic heterocycles. The highest BCUT2D eigenvalue weighted by molar-refractivity contribution is 5.27. The van der Waals surface area contributed by atoms with E-state index in [4.69, 9.17) is 5.73 Å². The van der Waals surface area contributed by atoms with Crippen LogP contribution in [-0.4, -0.2) is 6.04 Å². The van der Waals surface area contributed by atoms with Crippen LogP contribution in [0.15, 0.2) is 18.2 Å². The monoisotopic (exact) mass is 223 g/mol. The second-order valence-electron chi connectivity index (χ2n) is 4.70. The van der Waals surface area contributed by atoms with Crippen molar-refractivity contribution in [1.82, 2.24) is 0 Å². The predicted octanol–water partition coefficient (Wildman–Crippen LogP) is 3.44. The van der Waals surface area contributed by atoms with Crippen molar-refractivity contribution in [2.24, 2.45) is 11.7 Å². The molecule has 0 fully saturated rings. The van der Waals surface area contributed by atoms with E-state index in [0.717, 1.165) is 30.4 Å². The van der Waals surface area contributed by atoms with Gasteiger partial charge in [0.1, 0.15) is 5.82 Å². The van der Waals surface area contributed by atoms with E-state index in [1.165, 1.54) is 6.07 Å². The van der Waals surface area contributed by atoms with Crippen LogP contribution in [0.4, 0.5) is 4.39 Å². The van der Waals surface area contributed by atoms with Crippen LogP contribution >= 0.6 is 0 Å². The minimum Gasteiger partial charge on any atom is -0.327 e. The molecule has 2 N–H and O–H groups in total. The van der Waals surface area contributed by atoms with E-state index in [2.05, 4.69) is 13.8 Å². The van der Waals surface area contributed by atoms with Gasteiger partial charge in [0.15, 0.2) is 0 Å². The summed E-state index contributed by atoms with van der Waals surface area (Å²) in [5.41, 5.74) is 8.29. The molecule has 0 aliphatic heterocycles. The number of hydrogen-bond acceptors (Lipinski definition) is 1. The van der Waals surface area contributed by atoms with Gasteiger partial charge in [-0.2, -0.15) is 0 Å². The van der Waals surface area contributed by atoms with Gasteiger partial charge in [-0.15, -0.1) is 0 Å². The van der Waals surface area contributed by atoms with Crippen molar-refractivity contribution in [2.45, 2.75) is 46.1 Å². The molecule has 0 heterocycles. The fraction of sp³-hybridized carbons (Fsp3) is 0.571. The third kappa shape index (κ3) is 3.60. The van der Waals surface area contributed by atoms with Gasteiger partial charge in [0.05, 0.1) is 0 Å². The molecule has 2 unspecified atom stereocenters. The molecule has 1 aromatic rings. The lowest BCUT2D eigenvalue weighted by Gasteiger charge is -2.20. The van der Waals surface area contributed by atoms with Crippen LogP contribution in [-0.2, 0) is 6.42 Å². The van der Waals surface area contributed by atoms with E-state index in [0.29, 0.717) is 5.92 Å². The number of halogens is 1. The van der Waals surface area contributed by atoms with Crippen molar-refractivity contribution in [2.75, 3.05) is 0 Å². The Morgan fingerprint density at radius 3 is 2.69 bits per heavy atom. The summed E-state index contributed by atoms with van der Waals surface area (Å²) in [6, 6.07) is 5.05. The van der Waals surface area contributed by atoms with Crippen LogP contribution < -0.4 is 5.73 Å². The van der Waals surface area contributed by atoms with Crippen LogP contribution in [0.2, 0.25) is 0 Å². The molecule has 0 aliphatic rings. The zero-order chi connectivity index (χ0) is 12.1. The first kappa shape index (κ1) is 13.2. The maximum atomic E-state index is 13.1. The minimum atomic E-state index is -0.170. The normalized spacial score (nSPS) is 14.8. The molecule has 0 aliphatic carbocycles. The summed E-state index contributed by atoms with van der Waals surface area (Å²) in [7, 11) is 0. The molecule has 1 aromatic carbocycles. The molecule has 2 heteroatoms. The van der Waals surface area contributed by atoms with E-state index in [1.807, 2.05) is 13.0 Å². The Labute approximate surface area is 97.9 Å². The average Bonchev–Trinajstić information content (AvgIpc) is 2.23. The van der Waals surface area contributed by atoms with Crippen LogP contribution in [0, 0.1) is 18.7 Å². The fourth-order valence-electron chi connectivity index (χ4n) is 1.98. The first-order chi connectivity index (χ1) is 7.54. The largest absolute Gasteiger partial charge is 0.327 e. The smallest absolute Gasteiger partial charge is 0.123 e. The van der Waals surface area contributed by atoms with Gasteiger partial charge in [0, 0.05) is 6.04 Å². The number of nitrogens with two attached hydrogens (primary N) is 1. The highest BCUT2D eigenvalue weighted by Crippen LogP contribution is 2.17. The van der Waals surface area contributed by atoms with E-state index >= 15 is 0 Å². The standard InChI is InChI=1S/C14H22FN/c1-4-5-11(3)14(16)9-12-8-13(15)7-6-10(12)2/h6-8,11,14H,4-5,9,16H2,1-3H3. The van der Waals surface area contributed by atoms with Gasteiger partial charge >= 0.3 is 0 Å². The van der Waals surface area contributed by atoms with Crippen molar-refractivity contribution >= 4 is 0 Å². The lowest BCUT2D eigenvalue weighted by atomic mass is 9.91. The number of rotatable bonds is 5. The van der Waals surface area contributed by atoms with Crippen molar-refractivity contribution in [3.05, 3.63) is 35.1 Å². The maximum absolute atomic E-state index is 13.1. The van der Waals surface area contributed by atoms with Crippen LogP contribution in [0.25, 0.3) is 0 Å². The third-order valence-electron chi connectivity index (χ3n) is 3.24. The minimum absolute atomic E-state index is 0.125. The van der Waals surface area contributed by atoms with Crippen molar-refractivity contribution in [3.8, 4) is 0 Å². The number of aryl methyl sites for hydroxylation is 1. The molecule has 16 heavy (non-hydrogen) atoms. The highest BCUT2D eigenvalue weighted by Gasteiger charge is 2.13. The summed E-state index contributed by atoms with van der Waals surface area (Å²) in [4.78, 5) is 0. The van der Waals surface area contributed by atoms with Gasteiger partial charge in [0.25, 0.3) is 0 Å². The van der Waals surface area contributed by atoms with Gasteiger partial charge < -0.3 is 5.73 Å². The zero-order valence-corrected chi connectivity index (χ0v) is 10.5. The lowest BCUT2D eigenvalue weighted by Crippen LogP contribution is -2.30. The summed E-state index contributed by atoms with van der Waals surface area (Å²) >= 11 is 0. The molecular formula is C14H22FN. The summed E-state index contributed by atoms with van der Waals surface area (Å²) in [5, 5.41) is 0. The van der Waals surface area contributed by atoms with E-state index in [-0.39, 0.29) is 11.9 Å². The summed E-state index contributed by atoms with van der Waals surface area (Å²) < 4.78 is 13.1. The SMILES string of the molecule is CCCC(C)C(N)Cc1cc(F)ccc1C. The fourth-order valence-corrected chi connectivity index (χ4v) is 1.98. The topological polar surface area (TPSA) is 26.0 Å². The molecule has 0 spiro atoms. The quantitative estimate of drug-likeness (QED) is 0.813. The Morgan fingerprint density at radius 1 is 1.38 bits per heavy atom. The van der Waals surface area contributed by atoms with Crippen molar-refractivity contribution in [3.63, 3.8) is 0 Å². The molecular weight excluding hydrogens is 201 g/mol. The van der Waals surface area contributed by atoms with Crippen LogP contribution in [0.1, 0.15) is 37.8 Å². The summed E-state index contributed by atoms with van der Waals surface area (Å²) in [5.74, 6) is 0.323. The average molecular weight is 223 g/mol. The number of benzene rings is 1. The molecule has 2 atom stereocenters. The second-order valence-corrected chi connectivity index (χ2v) is 4.70. The van der Waals surface area contributed by atoms with Gasteiger partial charge in [-0.3, -0.25) is 0 Å². The van der Waals surface area contributed by atoms with E-state index in [1.54, 1.807) is 6.07 Å². The predicted molar refractivity (Wildman–Crippen MR) is 66.9 cm³/mol. The Morgan fingerprint density at radius 2 is 2.06 bits per heavy atom. The Hall–Kier alpha value is -0.890. The molecule has 0 saturated carbocycles. The molecule has 90 valence electrons. The first-order valence-electron chi connectivity index (χ1n) is 6.05. The molecule has 0 bridgehead atoms. The van der Waals surface area contributed by atoms with E-state index in [9.17, 15) is 4.39 Å². The lowest BCUT2D eigenvalue weighted by molar-refractivity contribution is 0.419. The van der Waals surface area contributed by atoms with Gasteiger partial charge in [-0.05, 0) is 48.9 Å². The first-order valence-corrected chi connectivity index (χ1v) is 6.05. The maximum Gasteiger partial charge on any atom is 0.123 e. The molecule has 0 saturated heterocycles. The van der Waals surface area contributed by atoms with Gasteiger partial charge in [-0.1, -0.05) is 26.3 Å². The zero-order valence-electron chi connectivity index (χ0n) is 10.5.